The van der Waals surface area contributed by atoms with E-state index in [0.29, 0.717) is 0 Å². The van der Waals surface area contributed by atoms with E-state index in [9.17, 15) is 4.79 Å². The van der Waals surface area contributed by atoms with E-state index < -0.39 is 0 Å². The van der Waals surface area contributed by atoms with Crippen LogP contribution in [-0.4, -0.2) is 17.0 Å². The molecule has 3 heteroatoms. The first-order valence-corrected chi connectivity index (χ1v) is 4.08. The minimum atomic E-state index is 0.0301. The molecule has 66 valence electrons. The molecule has 0 aliphatic heterocycles. The molecule has 0 aliphatic rings. The maximum absolute atomic E-state index is 11.3. The molecule has 0 aliphatic carbocycles. The molecule has 3 nitrogen and oxygen atoms in total. The van der Waals surface area contributed by atoms with Crippen molar-refractivity contribution in [3.63, 3.8) is 0 Å². The van der Waals surface area contributed by atoms with Gasteiger partial charge < -0.3 is 0 Å². The second-order valence-electron chi connectivity index (χ2n) is 3.15. The van der Waals surface area contributed by atoms with Crippen LogP contribution in [-0.2, 0) is 4.79 Å². The number of rotatable bonds is 3. The van der Waals surface area contributed by atoms with Crippen LogP contribution in [0.3, 0.4) is 0 Å². The minimum Gasteiger partial charge on any atom is -0.278 e. The fourth-order valence-electron chi connectivity index (χ4n) is 0.684. The standard InChI is InChI=1S/C8H18N2O/c1-5-7(4)8(11)10(9)6(2)3/h6-7H,5,9H2,1-4H3. The van der Waals surface area contributed by atoms with Crippen molar-refractivity contribution in [2.75, 3.05) is 0 Å². The topological polar surface area (TPSA) is 46.3 Å². The summed E-state index contributed by atoms with van der Waals surface area (Å²) in [6.07, 6.45) is 0.846. The number of carbonyl (C=O) groups is 1. The van der Waals surface area contributed by atoms with Crippen molar-refractivity contribution >= 4 is 5.91 Å². The number of amides is 1. The third-order valence-electron chi connectivity index (χ3n) is 1.84. The van der Waals surface area contributed by atoms with Gasteiger partial charge in [0.2, 0.25) is 5.91 Å². The van der Waals surface area contributed by atoms with E-state index in [-0.39, 0.29) is 17.9 Å². The van der Waals surface area contributed by atoms with Gasteiger partial charge in [0.25, 0.3) is 0 Å². The molecule has 0 aromatic carbocycles. The molecular formula is C8H18N2O. The second-order valence-corrected chi connectivity index (χ2v) is 3.15. The van der Waals surface area contributed by atoms with Crippen molar-refractivity contribution in [1.82, 2.24) is 5.01 Å². The van der Waals surface area contributed by atoms with Crippen molar-refractivity contribution in [3.8, 4) is 0 Å². The van der Waals surface area contributed by atoms with Gasteiger partial charge in [0, 0.05) is 12.0 Å². The van der Waals surface area contributed by atoms with Gasteiger partial charge in [-0.1, -0.05) is 13.8 Å². The van der Waals surface area contributed by atoms with Gasteiger partial charge in [-0.15, -0.1) is 0 Å². The lowest BCUT2D eigenvalue weighted by Crippen LogP contribution is -2.45. The van der Waals surface area contributed by atoms with Gasteiger partial charge in [0.05, 0.1) is 0 Å². The highest BCUT2D eigenvalue weighted by Gasteiger charge is 2.17. The molecule has 0 bridgehead atoms. The molecule has 0 spiro atoms. The van der Waals surface area contributed by atoms with Gasteiger partial charge >= 0.3 is 0 Å². The van der Waals surface area contributed by atoms with Gasteiger partial charge in [-0.2, -0.15) is 0 Å². The predicted molar refractivity (Wildman–Crippen MR) is 45.6 cm³/mol. The summed E-state index contributed by atoms with van der Waals surface area (Å²) in [7, 11) is 0. The lowest BCUT2D eigenvalue weighted by molar-refractivity contribution is -0.137. The third kappa shape index (κ3) is 2.89. The highest BCUT2D eigenvalue weighted by atomic mass is 16.2. The first kappa shape index (κ1) is 10.4. The normalized spacial score (nSPS) is 13.3. The Bertz CT molecular complexity index is 134. The van der Waals surface area contributed by atoms with Crippen LogP contribution in [0.1, 0.15) is 34.1 Å². The average molecular weight is 158 g/mol. The van der Waals surface area contributed by atoms with E-state index in [2.05, 4.69) is 0 Å². The van der Waals surface area contributed by atoms with Gasteiger partial charge in [-0.25, -0.2) is 5.84 Å². The molecule has 0 rings (SSSR count). The van der Waals surface area contributed by atoms with E-state index in [1.165, 1.54) is 5.01 Å². The van der Waals surface area contributed by atoms with Crippen LogP contribution >= 0.6 is 0 Å². The summed E-state index contributed by atoms with van der Waals surface area (Å²) in [5.74, 6) is 5.59. The first-order chi connectivity index (χ1) is 5.00. The smallest absolute Gasteiger partial charge is 0.239 e. The summed E-state index contributed by atoms with van der Waals surface area (Å²) >= 11 is 0. The van der Waals surface area contributed by atoms with Crippen LogP contribution in [0.25, 0.3) is 0 Å². The summed E-state index contributed by atoms with van der Waals surface area (Å²) in [5, 5.41) is 1.30. The Kier molecular flexibility index (Phi) is 4.11. The fraction of sp³-hybridized carbons (Fsp3) is 0.875. The van der Waals surface area contributed by atoms with Crippen LogP contribution in [0.15, 0.2) is 0 Å². The third-order valence-corrected chi connectivity index (χ3v) is 1.84. The first-order valence-electron chi connectivity index (χ1n) is 4.08. The molecule has 0 aromatic heterocycles. The Morgan fingerprint density at radius 2 is 1.91 bits per heavy atom. The Morgan fingerprint density at radius 1 is 1.45 bits per heavy atom. The molecule has 1 amide bonds. The number of hydrogen-bond acceptors (Lipinski definition) is 2. The van der Waals surface area contributed by atoms with Crippen LogP contribution in [0.5, 0.6) is 0 Å². The zero-order chi connectivity index (χ0) is 9.02. The molecule has 0 saturated carbocycles. The highest BCUT2D eigenvalue weighted by molar-refractivity contribution is 5.78. The SMILES string of the molecule is CCC(C)C(=O)N(N)C(C)C. The number of hydrogen-bond donors (Lipinski definition) is 1. The maximum Gasteiger partial charge on any atom is 0.239 e. The van der Waals surface area contributed by atoms with Gasteiger partial charge in [0.15, 0.2) is 0 Å². The number of nitrogens with zero attached hydrogens (tertiary/aromatic N) is 1. The van der Waals surface area contributed by atoms with Crippen molar-refractivity contribution in [1.29, 1.82) is 0 Å². The molecule has 1 atom stereocenters. The Labute approximate surface area is 68.5 Å². The van der Waals surface area contributed by atoms with E-state index in [1.54, 1.807) is 0 Å². The van der Waals surface area contributed by atoms with Gasteiger partial charge in [0.1, 0.15) is 0 Å². The Hall–Kier alpha value is -0.570. The number of nitrogens with two attached hydrogens (primary N) is 1. The predicted octanol–water partition coefficient (Wildman–Crippen LogP) is 1.14. The summed E-state index contributed by atoms with van der Waals surface area (Å²) in [6.45, 7) is 7.68. The molecule has 1 unspecified atom stereocenters. The zero-order valence-electron chi connectivity index (χ0n) is 7.79. The van der Waals surface area contributed by atoms with Gasteiger partial charge in [-0.05, 0) is 20.3 Å². The summed E-state index contributed by atoms with van der Waals surface area (Å²) in [4.78, 5) is 11.3. The highest BCUT2D eigenvalue weighted by Crippen LogP contribution is 2.05. The number of hydrazine groups is 1. The van der Waals surface area contributed by atoms with Crippen LogP contribution in [0.2, 0.25) is 0 Å². The molecular weight excluding hydrogens is 140 g/mol. The summed E-state index contributed by atoms with van der Waals surface area (Å²) in [6, 6.07) is 0.0940. The molecule has 0 fully saturated rings. The molecule has 2 N–H and O–H groups in total. The largest absolute Gasteiger partial charge is 0.278 e. The lowest BCUT2D eigenvalue weighted by Gasteiger charge is -2.23. The van der Waals surface area contributed by atoms with Crippen molar-refractivity contribution in [2.24, 2.45) is 11.8 Å². The monoisotopic (exact) mass is 158 g/mol. The summed E-state index contributed by atoms with van der Waals surface area (Å²) < 4.78 is 0. The molecule has 0 saturated heterocycles. The van der Waals surface area contributed by atoms with Crippen molar-refractivity contribution in [3.05, 3.63) is 0 Å². The van der Waals surface area contributed by atoms with E-state index >= 15 is 0 Å². The van der Waals surface area contributed by atoms with Crippen molar-refractivity contribution < 1.29 is 4.79 Å². The number of carbonyl (C=O) groups excluding carboxylic acids is 1. The van der Waals surface area contributed by atoms with E-state index in [0.717, 1.165) is 6.42 Å². The van der Waals surface area contributed by atoms with Gasteiger partial charge in [-0.3, -0.25) is 9.80 Å². The van der Waals surface area contributed by atoms with Crippen LogP contribution in [0.4, 0.5) is 0 Å². The summed E-state index contributed by atoms with van der Waals surface area (Å²) in [5.41, 5.74) is 0. The van der Waals surface area contributed by atoms with Crippen LogP contribution < -0.4 is 5.84 Å². The Balaban J connectivity index is 4.02. The minimum absolute atomic E-state index is 0.0301. The fourth-order valence-corrected chi connectivity index (χ4v) is 0.684. The van der Waals surface area contributed by atoms with E-state index in [4.69, 9.17) is 5.84 Å². The molecule has 0 radical (unpaired) electrons. The second kappa shape index (κ2) is 4.34. The molecule has 11 heavy (non-hydrogen) atoms. The van der Waals surface area contributed by atoms with E-state index in [1.807, 2.05) is 27.7 Å². The average Bonchev–Trinajstić information content (AvgIpc) is 2.00. The lowest BCUT2D eigenvalue weighted by atomic mass is 10.1. The maximum atomic E-state index is 11.3. The zero-order valence-corrected chi connectivity index (χ0v) is 7.79. The Morgan fingerprint density at radius 3 is 2.18 bits per heavy atom. The molecule has 0 heterocycles. The van der Waals surface area contributed by atoms with Crippen molar-refractivity contribution in [2.45, 2.75) is 40.2 Å². The quantitative estimate of drug-likeness (QED) is 0.380. The van der Waals surface area contributed by atoms with Crippen LogP contribution in [0, 0.1) is 5.92 Å². The molecule has 0 aromatic rings.